The Labute approximate surface area is 126 Å². The van der Waals surface area contributed by atoms with E-state index in [9.17, 15) is 9.59 Å². The molecule has 1 rings (SSSR count). The van der Waals surface area contributed by atoms with Gasteiger partial charge in [-0.05, 0) is 5.56 Å². The molecule has 5 nitrogen and oxygen atoms in total. The average molecular weight is 292 g/mol. The molecule has 0 aromatic heterocycles. The number of carbonyl (C=O) groups excluding carboxylic acids is 2. The number of methoxy groups -OCH3 is 1. The Morgan fingerprint density at radius 2 is 1.90 bits per heavy atom. The Morgan fingerprint density at radius 3 is 2.48 bits per heavy atom. The summed E-state index contributed by atoms with van der Waals surface area (Å²) in [6.07, 6.45) is 0.363. The lowest BCUT2D eigenvalue weighted by molar-refractivity contribution is -0.147. The van der Waals surface area contributed by atoms with E-state index < -0.39 is 5.97 Å². The summed E-state index contributed by atoms with van der Waals surface area (Å²) in [5, 5.41) is 3.20. The van der Waals surface area contributed by atoms with E-state index in [1.807, 2.05) is 44.2 Å². The molecule has 1 aromatic carbocycles. The molecule has 0 saturated carbocycles. The third-order valence-corrected chi connectivity index (χ3v) is 3.01. The van der Waals surface area contributed by atoms with E-state index in [2.05, 4.69) is 10.1 Å². The summed E-state index contributed by atoms with van der Waals surface area (Å²) < 4.78 is 4.66. The van der Waals surface area contributed by atoms with Crippen molar-refractivity contribution in [1.82, 2.24) is 10.2 Å². The van der Waals surface area contributed by atoms with E-state index in [0.29, 0.717) is 25.6 Å². The highest BCUT2D eigenvalue weighted by Crippen LogP contribution is 2.06. The standard InChI is InChI=1S/C16H24N2O3/c1-13(2)17-10-9-15(19)18(12-16(20)21-3)11-14-7-5-4-6-8-14/h4-8,13,17H,9-12H2,1-3H3. The molecule has 0 aliphatic heterocycles. The Kier molecular flexibility index (Phi) is 7.46. The van der Waals surface area contributed by atoms with Gasteiger partial charge in [-0.1, -0.05) is 44.2 Å². The number of hydrogen-bond acceptors (Lipinski definition) is 4. The molecule has 0 atom stereocenters. The van der Waals surface area contributed by atoms with Crippen LogP contribution in [-0.4, -0.2) is 43.0 Å². The molecular weight excluding hydrogens is 268 g/mol. The Morgan fingerprint density at radius 1 is 1.24 bits per heavy atom. The second-order valence-electron chi connectivity index (χ2n) is 5.17. The van der Waals surface area contributed by atoms with Gasteiger partial charge in [-0.3, -0.25) is 9.59 Å². The summed E-state index contributed by atoms with van der Waals surface area (Å²) in [6.45, 7) is 5.05. The van der Waals surface area contributed by atoms with Gasteiger partial charge in [0.1, 0.15) is 6.54 Å². The highest BCUT2D eigenvalue weighted by atomic mass is 16.5. The number of carbonyl (C=O) groups is 2. The van der Waals surface area contributed by atoms with E-state index in [-0.39, 0.29) is 12.5 Å². The topological polar surface area (TPSA) is 58.6 Å². The number of nitrogens with zero attached hydrogens (tertiary/aromatic N) is 1. The minimum Gasteiger partial charge on any atom is -0.468 e. The van der Waals surface area contributed by atoms with Crippen molar-refractivity contribution >= 4 is 11.9 Å². The van der Waals surface area contributed by atoms with Gasteiger partial charge in [0.2, 0.25) is 5.91 Å². The molecule has 1 aromatic rings. The van der Waals surface area contributed by atoms with Gasteiger partial charge in [0.05, 0.1) is 7.11 Å². The maximum Gasteiger partial charge on any atom is 0.325 e. The third-order valence-electron chi connectivity index (χ3n) is 3.01. The molecule has 0 spiro atoms. The van der Waals surface area contributed by atoms with Crippen LogP contribution in [-0.2, 0) is 20.9 Å². The fourth-order valence-electron chi connectivity index (χ4n) is 1.88. The molecule has 5 heteroatoms. The zero-order valence-electron chi connectivity index (χ0n) is 13.0. The molecule has 1 N–H and O–H groups in total. The van der Waals surface area contributed by atoms with Crippen LogP contribution in [0.25, 0.3) is 0 Å². The summed E-state index contributed by atoms with van der Waals surface area (Å²) in [5.41, 5.74) is 0.992. The molecule has 21 heavy (non-hydrogen) atoms. The zero-order chi connectivity index (χ0) is 15.7. The molecule has 0 heterocycles. The van der Waals surface area contributed by atoms with Gasteiger partial charge in [-0.15, -0.1) is 0 Å². The van der Waals surface area contributed by atoms with Gasteiger partial charge in [0.15, 0.2) is 0 Å². The molecule has 1 amide bonds. The minimum atomic E-state index is -0.406. The van der Waals surface area contributed by atoms with Crippen molar-refractivity contribution in [3.63, 3.8) is 0 Å². The monoisotopic (exact) mass is 292 g/mol. The van der Waals surface area contributed by atoms with E-state index in [4.69, 9.17) is 0 Å². The van der Waals surface area contributed by atoms with Crippen LogP contribution in [0.2, 0.25) is 0 Å². The van der Waals surface area contributed by atoms with Crippen molar-refractivity contribution in [1.29, 1.82) is 0 Å². The van der Waals surface area contributed by atoms with Gasteiger partial charge in [-0.2, -0.15) is 0 Å². The van der Waals surface area contributed by atoms with Crippen molar-refractivity contribution < 1.29 is 14.3 Å². The number of nitrogens with one attached hydrogen (secondary N) is 1. The maximum absolute atomic E-state index is 12.3. The summed E-state index contributed by atoms with van der Waals surface area (Å²) in [6, 6.07) is 9.95. The van der Waals surface area contributed by atoms with E-state index in [1.54, 1.807) is 0 Å². The first-order valence-corrected chi connectivity index (χ1v) is 7.14. The summed E-state index contributed by atoms with van der Waals surface area (Å²) in [5.74, 6) is -0.464. The molecule has 0 fully saturated rings. The molecular formula is C16H24N2O3. The SMILES string of the molecule is COC(=O)CN(Cc1ccccc1)C(=O)CCNC(C)C. The summed E-state index contributed by atoms with van der Waals surface area (Å²) in [7, 11) is 1.33. The van der Waals surface area contributed by atoms with Crippen molar-refractivity contribution in [2.75, 3.05) is 20.2 Å². The van der Waals surface area contributed by atoms with Crippen molar-refractivity contribution in [2.24, 2.45) is 0 Å². The molecule has 0 unspecified atom stereocenters. The molecule has 0 bridgehead atoms. The smallest absolute Gasteiger partial charge is 0.325 e. The molecule has 116 valence electrons. The van der Waals surface area contributed by atoms with Crippen LogP contribution in [0.15, 0.2) is 30.3 Å². The summed E-state index contributed by atoms with van der Waals surface area (Å²) in [4.78, 5) is 25.3. The summed E-state index contributed by atoms with van der Waals surface area (Å²) >= 11 is 0. The number of rotatable bonds is 8. The first kappa shape index (κ1) is 17.2. The Hall–Kier alpha value is -1.88. The molecule has 0 saturated heterocycles. The lowest BCUT2D eigenvalue weighted by Crippen LogP contribution is -2.37. The van der Waals surface area contributed by atoms with Gasteiger partial charge in [0.25, 0.3) is 0 Å². The van der Waals surface area contributed by atoms with E-state index in [1.165, 1.54) is 12.0 Å². The van der Waals surface area contributed by atoms with Crippen LogP contribution in [0, 0.1) is 0 Å². The van der Waals surface area contributed by atoms with Gasteiger partial charge in [0, 0.05) is 25.6 Å². The first-order valence-electron chi connectivity index (χ1n) is 7.14. The quantitative estimate of drug-likeness (QED) is 0.739. The molecule has 0 aliphatic carbocycles. The van der Waals surface area contributed by atoms with Gasteiger partial charge in [-0.25, -0.2) is 0 Å². The number of esters is 1. The Balaban J connectivity index is 2.63. The van der Waals surface area contributed by atoms with Crippen LogP contribution in [0.1, 0.15) is 25.8 Å². The van der Waals surface area contributed by atoms with Crippen molar-refractivity contribution in [3.05, 3.63) is 35.9 Å². The molecule has 0 radical (unpaired) electrons. The van der Waals surface area contributed by atoms with Crippen LogP contribution >= 0.6 is 0 Å². The number of amides is 1. The number of benzene rings is 1. The fraction of sp³-hybridized carbons (Fsp3) is 0.500. The lowest BCUT2D eigenvalue weighted by atomic mass is 10.2. The normalized spacial score (nSPS) is 10.5. The van der Waals surface area contributed by atoms with E-state index in [0.717, 1.165) is 5.56 Å². The molecule has 0 aliphatic rings. The Bertz CT molecular complexity index is 446. The van der Waals surface area contributed by atoms with Crippen molar-refractivity contribution in [3.8, 4) is 0 Å². The lowest BCUT2D eigenvalue weighted by Gasteiger charge is -2.22. The predicted molar refractivity (Wildman–Crippen MR) is 81.6 cm³/mol. The largest absolute Gasteiger partial charge is 0.468 e. The van der Waals surface area contributed by atoms with Gasteiger partial charge >= 0.3 is 5.97 Å². The van der Waals surface area contributed by atoms with Crippen LogP contribution in [0.4, 0.5) is 0 Å². The predicted octanol–water partition coefficient (Wildman–Crippen LogP) is 1.58. The first-order chi connectivity index (χ1) is 10.0. The van der Waals surface area contributed by atoms with Crippen LogP contribution < -0.4 is 5.32 Å². The van der Waals surface area contributed by atoms with E-state index >= 15 is 0 Å². The second-order valence-corrected chi connectivity index (χ2v) is 5.17. The maximum atomic E-state index is 12.3. The van der Waals surface area contributed by atoms with Crippen LogP contribution in [0.5, 0.6) is 0 Å². The highest BCUT2D eigenvalue weighted by molar-refractivity contribution is 5.82. The number of hydrogen-bond donors (Lipinski definition) is 1. The zero-order valence-corrected chi connectivity index (χ0v) is 13.0. The van der Waals surface area contributed by atoms with Gasteiger partial charge < -0.3 is 15.0 Å². The van der Waals surface area contributed by atoms with Crippen LogP contribution in [0.3, 0.4) is 0 Å². The second kappa shape index (κ2) is 9.13. The highest BCUT2D eigenvalue weighted by Gasteiger charge is 2.17. The fourth-order valence-corrected chi connectivity index (χ4v) is 1.88. The van der Waals surface area contributed by atoms with Crippen molar-refractivity contribution in [2.45, 2.75) is 32.9 Å². The number of ether oxygens (including phenoxy) is 1. The average Bonchev–Trinajstić information content (AvgIpc) is 2.47. The minimum absolute atomic E-state index is 0.0219. The third kappa shape index (κ3) is 6.90.